The highest BCUT2D eigenvalue weighted by molar-refractivity contribution is 5.40. The monoisotopic (exact) mass is 277 g/mol. The lowest BCUT2D eigenvalue weighted by molar-refractivity contribution is 0.0496. The van der Waals surface area contributed by atoms with Crippen LogP contribution in [0.15, 0.2) is 18.3 Å². The highest BCUT2D eigenvalue weighted by atomic mass is 16.5. The van der Waals surface area contributed by atoms with Gasteiger partial charge in [-0.05, 0) is 36.8 Å². The minimum atomic E-state index is 0.233. The number of anilines is 1. The number of hydrogen-bond donors (Lipinski definition) is 1. The van der Waals surface area contributed by atoms with Crippen molar-refractivity contribution in [3.63, 3.8) is 0 Å². The second kappa shape index (κ2) is 7.04. The Hall–Kier alpha value is -1.13. The lowest BCUT2D eigenvalue weighted by atomic mass is 9.96. The van der Waals surface area contributed by atoms with E-state index in [0.29, 0.717) is 12.0 Å². The molecule has 1 aliphatic heterocycles. The molecule has 1 aromatic heterocycles. The van der Waals surface area contributed by atoms with Gasteiger partial charge in [0.2, 0.25) is 0 Å². The van der Waals surface area contributed by atoms with E-state index in [4.69, 9.17) is 10.5 Å². The molecule has 3 atom stereocenters. The molecule has 2 N–H and O–H groups in total. The van der Waals surface area contributed by atoms with Crippen LogP contribution in [0.5, 0.6) is 0 Å². The Labute approximate surface area is 122 Å². The molecule has 4 nitrogen and oxygen atoms in total. The first kappa shape index (κ1) is 15.3. The quantitative estimate of drug-likeness (QED) is 0.896. The Morgan fingerprint density at radius 2 is 2.30 bits per heavy atom. The first-order valence-electron chi connectivity index (χ1n) is 7.62. The van der Waals surface area contributed by atoms with Crippen LogP contribution in [0.2, 0.25) is 0 Å². The summed E-state index contributed by atoms with van der Waals surface area (Å²) in [6, 6.07) is 4.49. The molecule has 2 heterocycles. The molecule has 0 aliphatic carbocycles. The largest absolute Gasteiger partial charge is 0.379 e. The summed E-state index contributed by atoms with van der Waals surface area (Å²) in [5, 5.41) is 0. The number of aromatic nitrogens is 1. The highest BCUT2D eigenvalue weighted by Crippen LogP contribution is 2.23. The molecule has 3 unspecified atom stereocenters. The average Bonchev–Trinajstić information content (AvgIpc) is 2.48. The van der Waals surface area contributed by atoms with Gasteiger partial charge in [-0.15, -0.1) is 0 Å². The third-order valence-electron chi connectivity index (χ3n) is 4.35. The van der Waals surface area contributed by atoms with Crippen LogP contribution < -0.4 is 10.6 Å². The highest BCUT2D eigenvalue weighted by Gasteiger charge is 2.26. The molecule has 112 valence electrons. The average molecular weight is 277 g/mol. The number of methoxy groups -OCH3 is 1. The van der Waals surface area contributed by atoms with Crippen molar-refractivity contribution in [3.8, 4) is 0 Å². The van der Waals surface area contributed by atoms with Crippen molar-refractivity contribution >= 4 is 5.82 Å². The Morgan fingerprint density at radius 1 is 1.50 bits per heavy atom. The minimum Gasteiger partial charge on any atom is -0.379 e. The maximum absolute atomic E-state index is 5.98. The Bertz CT molecular complexity index is 407. The minimum absolute atomic E-state index is 0.233. The third-order valence-corrected chi connectivity index (χ3v) is 4.35. The molecule has 1 fully saturated rings. The topological polar surface area (TPSA) is 51.4 Å². The zero-order valence-electron chi connectivity index (χ0n) is 12.9. The normalized spacial score (nSPS) is 24.7. The maximum atomic E-state index is 5.98. The van der Waals surface area contributed by atoms with E-state index < -0.39 is 0 Å². The number of pyridine rings is 1. The van der Waals surface area contributed by atoms with E-state index in [1.165, 1.54) is 5.56 Å². The molecule has 1 aliphatic rings. The maximum Gasteiger partial charge on any atom is 0.128 e. The van der Waals surface area contributed by atoms with E-state index in [2.05, 4.69) is 35.9 Å². The third kappa shape index (κ3) is 3.70. The van der Waals surface area contributed by atoms with Crippen molar-refractivity contribution in [1.29, 1.82) is 0 Å². The lowest BCUT2D eigenvalue weighted by Gasteiger charge is -2.36. The van der Waals surface area contributed by atoms with Gasteiger partial charge in [-0.2, -0.15) is 0 Å². The van der Waals surface area contributed by atoms with Gasteiger partial charge in [0.1, 0.15) is 5.82 Å². The van der Waals surface area contributed by atoms with Gasteiger partial charge in [-0.3, -0.25) is 0 Å². The standard InChI is InChI=1S/C16H27N3O/c1-4-14(17)9-13-5-6-16(18-10-13)19-8-7-12(2)15(11-19)20-3/h5-6,10,12,14-15H,4,7-9,11,17H2,1-3H3. The van der Waals surface area contributed by atoms with E-state index in [-0.39, 0.29) is 6.04 Å². The van der Waals surface area contributed by atoms with E-state index in [1.807, 2.05) is 6.20 Å². The van der Waals surface area contributed by atoms with Crippen LogP contribution in [-0.4, -0.2) is 37.3 Å². The van der Waals surface area contributed by atoms with Gasteiger partial charge in [-0.25, -0.2) is 4.98 Å². The van der Waals surface area contributed by atoms with Crippen molar-refractivity contribution < 1.29 is 4.74 Å². The summed E-state index contributed by atoms with van der Waals surface area (Å²) in [6.45, 7) is 6.36. The fourth-order valence-electron chi connectivity index (χ4n) is 2.72. The van der Waals surface area contributed by atoms with Crippen LogP contribution in [-0.2, 0) is 11.2 Å². The molecule has 1 saturated heterocycles. The molecule has 0 saturated carbocycles. The van der Waals surface area contributed by atoms with Gasteiger partial charge in [0.15, 0.2) is 0 Å². The molecule has 4 heteroatoms. The molecule has 0 radical (unpaired) electrons. The van der Waals surface area contributed by atoms with Crippen LogP contribution >= 0.6 is 0 Å². The summed E-state index contributed by atoms with van der Waals surface area (Å²) < 4.78 is 5.56. The second-order valence-corrected chi connectivity index (χ2v) is 5.88. The van der Waals surface area contributed by atoms with Crippen LogP contribution in [0, 0.1) is 5.92 Å². The van der Waals surface area contributed by atoms with Gasteiger partial charge < -0.3 is 15.4 Å². The summed E-state index contributed by atoms with van der Waals surface area (Å²) >= 11 is 0. The molecule has 0 spiro atoms. The zero-order valence-corrected chi connectivity index (χ0v) is 12.9. The van der Waals surface area contributed by atoms with E-state index >= 15 is 0 Å². The van der Waals surface area contributed by atoms with Gasteiger partial charge in [0.25, 0.3) is 0 Å². The van der Waals surface area contributed by atoms with Crippen LogP contribution in [0.4, 0.5) is 5.82 Å². The van der Waals surface area contributed by atoms with Crippen molar-refractivity contribution in [1.82, 2.24) is 4.98 Å². The predicted molar refractivity (Wildman–Crippen MR) is 83.0 cm³/mol. The van der Waals surface area contributed by atoms with Gasteiger partial charge in [0.05, 0.1) is 6.10 Å². The van der Waals surface area contributed by atoms with Gasteiger partial charge in [-0.1, -0.05) is 19.9 Å². The van der Waals surface area contributed by atoms with Crippen molar-refractivity contribution in [3.05, 3.63) is 23.9 Å². The number of piperidine rings is 1. The summed E-state index contributed by atoms with van der Waals surface area (Å²) in [4.78, 5) is 6.92. The fourth-order valence-corrected chi connectivity index (χ4v) is 2.72. The van der Waals surface area contributed by atoms with Crippen molar-refractivity contribution in [2.24, 2.45) is 11.7 Å². The molecule has 2 rings (SSSR count). The SMILES string of the molecule is CCC(N)Cc1ccc(N2CCC(C)C(OC)C2)nc1. The Balaban J connectivity index is 1.99. The molecular formula is C16H27N3O. The van der Waals surface area contributed by atoms with Crippen molar-refractivity contribution in [2.75, 3.05) is 25.1 Å². The lowest BCUT2D eigenvalue weighted by Crippen LogP contribution is -2.44. The van der Waals surface area contributed by atoms with Crippen LogP contribution in [0.3, 0.4) is 0 Å². The Kier molecular flexibility index (Phi) is 5.38. The summed E-state index contributed by atoms with van der Waals surface area (Å²) in [6.07, 6.45) is 5.33. The molecule has 0 aromatic carbocycles. The fraction of sp³-hybridized carbons (Fsp3) is 0.688. The predicted octanol–water partition coefficient (Wildman–Crippen LogP) is 2.22. The first-order valence-corrected chi connectivity index (χ1v) is 7.62. The smallest absolute Gasteiger partial charge is 0.128 e. The number of nitrogens with zero attached hydrogens (tertiary/aromatic N) is 2. The number of hydrogen-bond acceptors (Lipinski definition) is 4. The second-order valence-electron chi connectivity index (χ2n) is 5.88. The Morgan fingerprint density at radius 3 is 2.90 bits per heavy atom. The first-order chi connectivity index (χ1) is 9.63. The summed E-state index contributed by atoms with van der Waals surface area (Å²) in [5.74, 6) is 1.67. The molecule has 1 aromatic rings. The van der Waals surface area contributed by atoms with Crippen LogP contribution in [0.25, 0.3) is 0 Å². The van der Waals surface area contributed by atoms with E-state index in [0.717, 1.165) is 38.2 Å². The van der Waals surface area contributed by atoms with Crippen LogP contribution in [0.1, 0.15) is 32.3 Å². The molecule has 0 amide bonds. The summed E-state index contributed by atoms with van der Waals surface area (Å²) in [7, 11) is 1.80. The van der Waals surface area contributed by atoms with Crippen molar-refractivity contribution in [2.45, 2.75) is 45.3 Å². The number of ether oxygens (including phenoxy) is 1. The van der Waals surface area contributed by atoms with Gasteiger partial charge >= 0.3 is 0 Å². The zero-order chi connectivity index (χ0) is 14.5. The number of nitrogens with two attached hydrogens (primary N) is 1. The summed E-state index contributed by atoms with van der Waals surface area (Å²) in [5.41, 5.74) is 7.20. The van der Waals surface area contributed by atoms with Gasteiger partial charge in [0, 0.05) is 32.4 Å². The molecule has 0 bridgehead atoms. The van der Waals surface area contributed by atoms with E-state index in [9.17, 15) is 0 Å². The molecule has 20 heavy (non-hydrogen) atoms. The number of rotatable bonds is 5. The van der Waals surface area contributed by atoms with E-state index in [1.54, 1.807) is 7.11 Å². The molecular weight excluding hydrogens is 250 g/mol.